The molecule has 0 spiro atoms. The van der Waals surface area contributed by atoms with Crippen LogP contribution in [0.1, 0.15) is 17.9 Å². The first-order chi connectivity index (χ1) is 13.2. The van der Waals surface area contributed by atoms with Gasteiger partial charge in [0.05, 0.1) is 13.5 Å². The van der Waals surface area contributed by atoms with Crippen LogP contribution in [0.3, 0.4) is 0 Å². The van der Waals surface area contributed by atoms with Crippen LogP contribution in [-0.2, 0) is 20.7 Å². The van der Waals surface area contributed by atoms with E-state index in [4.69, 9.17) is 4.42 Å². The molecule has 0 radical (unpaired) electrons. The van der Waals surface area contributed by atoms with Crippen molar-refractivity contribution in [2.24, 2.45) is 0 Å². The maximum Gasteiger partial charge on any atom is 0.305 e. The minimum absolute atomic E-state index is 0.0183. The van der Waals surface area contributed by atoms with E-state index in [1.807, 2.05) is 29.2 Å². The van der Waals surface area contributed by atoms with Gasteiger partial charge >= 0.3 is 5.97 Å². The number of para-hydroxylation sites is 1. The molecule has 0 bridgehead atoms. The zero-order valence-electron chi connectivity index (χ0n) is 15.5. The maximum absolute atomic E-state index is 12.4. The summed E-state index contributed by atoms with van der Waals surface area (Å²) in [5.41, 5.74) is 1.19. The lowest BCUT2D eigenvalue weighted by atomic mass is 10.2. The van der Waals surface area contributed by atoms with Crippen molar-refractivity contribution < 1.29 is 18.7 Å². The Kier molecular flexibility index (Phi) is 6.30. The van der Waals surface area contributed by atoms with Crippen molar-refractivity contribution in [3.63, 3.8) is 0 Å². The van der Waals surface area contributed by atoms with Gasteiger partial charge in [0, 0.05) is 44.4 Å². The summed E-state index contributed by atoms with van der Waals surface area (Å²) in [7, 11) is 1.36. The highest BCUT2D eigenvalue weighted by Gasteiger charge is 2.19. The van der Waals surface area contributed by atoms with E-state index in [1.54, 1.807) is 18.2 Å². The summed E-state index contributed by atoms with van der Waals surface area (Å²) in [6.07, 6.45) is 3.97. The molecule has 1 fully saturated rings. The number of aryl methyl sites for hydroxylation is 1. The number of methoxy groups -OCH3 is 1. The van der Waals surface area contributed by atoms with Gasteiger partial charge < -0.3 is 19.0 Å². The van der Waals surface area contributed by atoms with Crippen molar-refractivity contribution in [2.75, 3.05) is 38.2 Å². The van der Waals surface area contributed by atoms with Gasteiger partial charge in [-0.05, 0) is 30.3 Å². The normalized spacial score (nSPS) is 14.6. The van der Waals surface area contributed by atoms with Gasteiger partial charge in [-0.25, -0.2) is 0 Å². The molecule has 0 aliphatic carbocycles. The Morgan fingerprint density at radius 3 is 2.52 bits per heavy atom. The first-order valence-electron chi connectivity index (χ1n) is 9.08. The van der Waals surface area contributed by atoms with Gasteiger partial charge in [-0.3, -0.25) is 9.59 Å². The number of piperazine rings is 1. The highest BCUT2D eigenvalue weighted by molar-refractivity contribution is 5.91. The van der Waals surface area contributed by atoms with E-state index in [1.165, 1.54) is 12.8 Å². The lowest BCUT2D eigenvalue weighted by molar-refractivity contribution is -0.140. The Hall–Kier alpha value is -3.02. The lowest BCUT2D eigenvalue weighted by Crippen LogP contribution is -2.48. The van der Waals surface area contributed by atoms with Crippen molar-refractivity contribution in [3.05, 3.63) is 60.1 Å². The van der Waals surface area contributed by atoms with Gasteiger partial charge in [0.15, 0.2) is 0 Å². The van der Waals surface area contributed by atoms with E-state index in [2.05, 4.69) is 21.8 Å². The molecular formula is C21H24N2O4. The van der Waals surface area contributed by atoms with E-state index >= 15 is 0 Å². The number of amides is 1. The zero-order chi connectivity index (χ0) is 19.1. The molecule has 1 saturated heterocycles. The number of benzene rings is 1. The second-order valence-electron chi connectivity index (χ2n) is 6.36. The predicted molar refractivity (Wildman–Crippen MR) is 103 cm³/mol. The zero-order valence-corrected chi connectivity index (χ0v) is 15.5. The summed E-state index contributed by atoms with van der Waals surface area (Å²) in [4.78, 5) is 27.7. The summed E-state index contributed by atoms with van der Waals surface area (Å²) in [6.45, 7) is 3.03. The Labute approximate surface area is 159 Å². The number of nitrogens with zero attached hydrogens (tertiary/aromatic N) is 2. The molecule has 6 heteroatoms. The average molecular weight is 368 g/mol. The van der Waals surface area contributed by atoms with Crippen molar-refractivity contribution in [3.8, 4) is 0 Å². The Bertz CT molecular complexity index is 790. The van der Waals surface area contributed by atoms with Gasteiger partial charge in [0.1, 0.15) is 11.5 Å². The third-order valence-electron chi connectivity index (χ3n) is 4.59. The lowest BCUT2D eigenvalue weighted by Gasteiger charge is -2.35. The van der Waals surface area contributed by atoms with Crippen LogP contribution >= 0.6 is 0 Å². The van der Waals surface area contributed by atoms with E-state index in [9.17, 15) is 9.59 Å². The first-order valence-corrected chi connectivity index (χ1v) is 9.08. The van der Waals surface area contributed by atoms with E-state index in [-0.39, 0.29) is 18.3 Å². The third kappa shape index (κ3) is 5.23. The second kappa shape index (κ2) is 9.07. The summed E-state index contributed by atoms with van der Waals surface area (Å²) in [5, 5.41) is 0. The van der Waals surface area contributed by atoms with Gasteiger partial charge in [0.25, 0.3) is 0 Å². The van der Waals surface area contributed by atoms with Crippen molar-refractivity contribution in [2.45, 2.75) is 12.8 Å². The Morgan fingerprint density at radius 1 is 1.07 bits per heavy atom. The molecule has 1 aromatic heterocycles. The number of ether oxygens (including phenoxy) is 1. The van der Waals surface area contributed by atoms with Gasteiger partial charge in [-0.1, -0.05) is 18.2 Å². The molecular weight excluding hydrogens is 344 g/mol. The predicted octanol–water partition coefficient (Wildman–Crippen LogP) is 2.75. The number of hydrogen-bond donors (Lipinski definition) is 0. The fourth-order valence-electron chi connectivity index (χ4n) is 3.03. The fourth-order valence-corrected chi connectivity index (χ4v) is 3.03. The molecule has 0 N–H and O–H groups in total. The molecule has 1 aromatic carbocycles. The highest BCUT2D eigenvalue weighted by atomic mass is 16.5. The molecule has 3 rings (SSSR count). The topological polar surface area (TPSA) is 63.0 Å². The van der Waals surface area contributed by atoms with Crippen LogP contribution in [0.2, 0.25) is 0 Å². The molecule has 6 nitrogen and oxygen atoms in total. The van der Waals surface area contributed by atoms with Gasteiger partial charge in [-0.2, -0.15) is 0 Å². The van der Waals surface area contributed by atoms with E-state index in [0.29, 0.717) is 31.0 Å². The summed E-state index contributed by atoms with van der Waals surface area (Å²) < 4.78 is 10.2. The number of carbonyl (C=O) groups excluding carboxylic acids is 2. The summed E-state index contributed by atoms with van der Waals surface area (Å²) in [6, 6.07) is 13.8. The molecule has 0 saturated carbocycles. The standard InChI is InChI=1S/C21H24N2O4/c1-26-21(25)12-10-19-8-7-18(27-19)9-11-20(24)23-15-13-22(14-16-23)17-5-3-2-4-6-17/h2-9,11H,10,12-16H2,1H3/b11-9+. The molecule has 1 aliphatic heterocycles. The van der Waals surface area contributed by atoms with Gasteiger partial charge in [0.2, 0.25) is 5.91 Å². The number of anilines is 1. The smallest absolute Gasteiger partial charge is 0.305 e. The molecule has 2 aromatic rings. The number of carbonyl (C=O) groups is 2. The van der Waals surface area contributed by atoms with Crippen LogP contribution in [0.15, 0.2) is 53.0 Å². The molecule has 1 aliphatic rings. The van der Waals surface area contributed by atoms with Gasteiger partial charge in [-0.15, -0.1) is 0 Å². The van der Waals surface area contributed by atoms with Crippen LogP contribution in [0.25, 0.3) is 6.08 Å². The maximum atomic E-state index is 12.4. The van der Waals surface area contributed by atoms with Crippen LogP contribution in [0, 0.1) is 0 Å². The minimum atomic E-state index is -0.270. The monoisotopic (exact) mass is 368 g/mol. The van der Waals surface area contributed by atoms with Crippen LogP contribution in [0.4, 0.5) is 5.69 Å². The molecule has 2 heterocycles. The number of rotatable bonds is 6. The summed E-state index contributed by atoms with van der Waals surface area (Å²) in [5.74, 6) is 1.01. The Balaban J connectivity index is 1.48. The van der Waals surface area contributed by atoms with E-state index in [0.717, 1.165) is 13.1 Å². The average Bonchev–Trinajstić information content (AvgIpc) is 3.19. The van der Waals surface area contributed by atoms with Crippen LogP contribution < -0.4 is 4.90 Å². The molecule has 0 atom stereocenters. The quantitative estimate of drug-likeness (QED) is 0.580. The number of esters is 1. The number of furan rings is 1. The largest absolute Gasteiger partial charge is 0.469 e. The van der Waals surface area contributed by atoms with E-state index < -0.39 is 0 Å². The Morgan fingerprint density at radius 2 is 1.81 bits per heavy atom. The fraction of sp³-hybridized carbons (Fsp3) is 0.333. The first kappa shape index (κ1) is 18.8. The third-order valence-corrected chi connectivity index (χ3v) is 4.59. The van der Waals surface area contributed by atoms with Crippen LogP contribution in [-0.4, -0.2) is 50.1 Å². The number of hydrogen-bond acceptors (Lipinski definition) is 5. The highest BCUT2D eigenvalue weighted by Crippen LogP contribution is 2.16. The molecule has 142 valence electrons. The van der Waals surface area contributed by atoms with Crippen molar-refractivity contribution >= 4 is 23.6 Å². The summed E-state index contributed by atoms with van der Waals surface area (Å²) >= 11 is 0. The minimum Gasteiger partial charge on any atom is -0.469 e. The second-order valence-corrected chi connectivity index (χ2v) is 6.36. The molecule has 1 amide bonds. The van der Waals surface area contributed by atoms with Crippen molar-refractivity contribution in [1.82, 2.24) is 4.90 Å². The molecule has 0 unspecified atom stereocenters. The molecule has 27 heavy (non-hydrogen) atoms. The van der Waals surface area contributed by atoms with Crippen molar-refractivity contribution in [1.29, 1.82) is 0 Å². The van der Waals surface area contributed by atoms with Crippen LogP contribution in [0.5, 0.6) is 0 Å². The SMILES string of the molecule is COC(=O)CCc1ccc(/C=C/C(=O)N2CCN(c3ccccc3)CC2)o1.